The second kappa shape index (κ2) is 6.23. The summed E-state index contributed by atoms with van der Waals surface area (Å²) in [4.78, 5) is 10.7. The van der Waals surface area contributed by atoms with Gasteiger partial charge in [0.1, 0.15) is 6.04 Å². The molecule has 0 aliphatic heterocycles. The van der Waals surface area contributed by atoms with Gasteiger partial charge in [-0.15, -0.1) is 0 Å². The van der Waals surface area contributed by atoms with E-state index in [0.29, 0.717) is 0 Å². The van der Waals surface area contributed by atoms with Crippen molar-refractivity contribution in [2.45, 2.75) is 19.1 Å². The third-order valence-electron chi connectivity index (χ3n) is 1.93. The number of hydrogen-bond donors (Lipinski definition) is 3. The third kappa shape index (κ3) is 3.97. The largest absolute Gasteiger partial charge is 0.480 e. The van der Waals surface area contributed by atoms with Gasteiger partial charge in [0, 0.05) is 0 Å². The third-order valence-corrected chi connectivity index (χ3v) is 2.79. The zero-order valence-corrected chi connectivity index (χ0v) is 8.97. The number of carbonyl (C=O) groups is 1. The molecule has 0 saturated heterocycles. The summed E-state index contributed by atoms with van der Waals surface area (Å²) in [6.45, 7) is 1.84. The molecule has 0 aromatic carbocycles. The number of carboxylic acids is 1. The predicted octanol–water partition coefficient (Wildman–Crippen LogP) is 0.0190. The molecule has 0 saturated carbocycles. The van der Waals surface area contributed by atoms with Gasteiger partial charge >= 0.3 is 5.97 Å². The van der Waals surface area contributed by atoms with Crippen molar-refractivity contribution >= 4 is 17.7 Å². The highest BCUT2D eigenvalue weighted by atomic mass is 32.2. The molecular formula is C8H17NO3S. The Hall–Kier alpha value is -0.260. The lowest BCUT2D eigenvalue weighted by Crippen LogP contribution is -2.47. The number of rotatable bonds is 6. The Balaban J connectivity index is 4.18. The lowest BCUT2D eigenvalue weighted by atomic mass is 10.00. The van der Waals surface area contributed by atoms with Crippen LogP contribution in [0, 0.1) is 5.92 Å². The molecule has 0 aromatic rings. The first-order valence-electron chi connectivity index (χ1n) is 4.11. The number of carboxylic acid groups (broad SMARTS) is 1. The second-order valence-electron chi connectivity index (χ2n) is 3.03. The number of aliphatic hydroxyl groups is 1. The van der Waals surface area contributed by atoms with Gasteiger partial charge in [-0.05, 0) is 25.0 Å². The summed E-state index contributed by atoms with van der Waals surface area (Å²) in [7, 11) is 1.54. The van der Waals surface area contributed by atoms with Crippen molar-refractivity contribution in [3.05, 3.63) is 0 Å². The van der Waals surface area contributed by atoms with Crippen LogP contribution in [0.25, 0.3) is 0 Å². The molecule has 0 amide bonds. The number of hydrogen-bond acceptors (Lipinski definition) is 4. The minimum Gasteiger partial charge on any atom is -0.480 e. The molecule has 4 nitrogen and oxygen atoms in total. The van der Waals surface area contributed by atoms with Crippen molar-refractivity contribution < 1.29 is 15.0 Å². The molecule has 0 spiro atoms. The standard InChI is InChI=1S/C8H17NO3S/c1-5(4-13-3)7(10)6(9-2)8(11)12/h5-7,9-10H,4H2,1-3H3,(H,11,12)/t5-,6+,7-/m1/s1. The zero-order chi connectivity index (χ0) is 10.4. The van der Waals surface area contributed by atoms with Gasteiger partial charge in [-0.1, -0.05) is 6.92 Å². The van der Waals surface area contributed by atoms with Gasteiger partial charge in [-0.3, -0.25) is 4.79 Å². The van der Waals surface area contributed by atoms with Crippen molar-refractivity contribution in [3.8, 4) is 0 Å². The Labute approximate surface area is 82.7 Å². The van der Waals surface area contributed by atoms with E-state index < -0.39 is 18.1 Å². The van der Waals surface area contributed by atoms with Gasteiger partial charge in [0.15, 0.2) is 0 Å². The van der Waals surface area contributed by atoms with Gasteiger partial charge in [0.05, 0.1) is 6.10 Å². The molecule has 3 atom stereocenters. The Bertz CT molecular complexity index is 165. The maximum Gasteiger partial charge on any atom is 0.323 e. The van der Waals surface area contributed by atoms with Gasteiger partial charge in [0.25, 0.3) is 0 Å². The average molecular weight is 207 g/mol. The summed E-state index contributed by atoms with van der Waals surface area (Å²) >= 11 is 1.60. The lowest BCUT2D eigenvalue weighted by Gasteiger charge is -2.23. The molecule has 0 heterocycles. The molecule has 0 unspecified atom stereocenters. The van der Waals surface area contributed by atoms with E-state index in [1.54, 1.807) is 11.8 Å². The molecule has 0 aromatic heterocycles. The smallest absolute Gasteiger partial charge is 0.323 e. The Morgan fingerprint density at radius 2 is 2.15 bits per heavy atom. The van der Waals surface area contributed by atoms with E-state index in [1.165, 1.54) is 7.05 Å². The van der Waals surface area contributed by atoms with Crippen LogP contribution in [0.1, 0.15) is 6.92 Å². The second-order valence-corrected chi connectivity index (χ2v) is 3.94. The summed E-state index contributed by atoms with van der Waals surface area (Å²) < 4.78 is 0. The molecule has 0 aliphatic carbocycles. The van der Waals surface area contributed by atoms with E-state index >= 15 is 0 Å². The fourth-order valence-corrected chi connectivity index (χ4v) is 1.85. The monoisotopic (exact) mass is 207 g/mol. The van der Waals surface area contributed by atoms with Crippen LogP contribution >= 0.6 is 11.8 Å². The summed E-state index contributed by atoms with van der Waals surface area (Å²) in [6, 6.07) is -0.873. The highest BCUT2D eigenvalue weighted by Gasteiger charge is 2.28. The summed E-state index contributed by atoms with van der Waals surface area (Å²) in [6.07, 6.45) is 1.09. The van der Waals surface area contributed by atoms with Crippen molar-refractivity contribution in [2.75, 3.05) is 19.1 Å². The van der Waals surface area contributed by atoms with Gasteiger partial charge in [-0.25, -0.2) is 0 Å². The van der Waals surface area contributed by atoms with Crippen molar-refractivity contribution in [3.63, 3.8) is 0 Å². The molecular weight excluding hydrogens is 190 g/mol. The fraction of sp³-hybridized carbons (Fsp3) is 0.875. The number of nitrogens with one attached hydrogen (secondary N) is 1. The topological polar surface area (TPSA) is 69.6 Å². The fourth-order valence-electron chi connectivity index (χ4n) is 1.13. The SMILES string of the molecule is CN[C@H](C(=O)O)[C@H](O)[C@H](C)CSC. The molecule has 0 radical (unpaired) electrons. The first kappa shape index (κ1) is 12.7. The molecule has 3 N–H and O–H groups in total. The normalized spacial score (nSPS) is 17.8. The zero-order valence-electron chi connectivity index (χ0n) is 8.15. The maximum absolute atomic E-state index is 10.7. The first-order chi connectivity index (χ1) is 6.04. The Morgan fingerprint density at radius 3 is 2.46 bits per heavy atom. The van der Waals surface area contributed by atoms with E-state index in [1.807, 2.05) is 13.2 Å². The molecule has 5 heteroatoms. The molecule has 0 fully saturated rings. The van der Waals surface area contributed by atoms with Crippen LogP contribution < -0.4 is 5.32 Å². The summed E-state index contributed by atoms with van der Waals surface area (Å²) in [5, 5.41) is 20.9. The van der Waals surface area contributed by atoms with Gasteiger partial charge in [-0.2, -0.15) is 11.8 Å². The number of aliphatic hydroxyl groups excluding tert-OH is 1. The van der Waals surface area contributed by atoms with Gasteiger partial charge < -0.3 is 15.5 Å². The van der Waals surface area contributed by atoms with Crippen molar-refractivity contribution in [2.24, 2.45) is 5.92 Å². The van der Waals surface area contributed by atoms with Crippen LogP contribution in [-0.2, 0) is 4.79 Å². The minimum absolute atomic E-state index is 0.0245. The van der Waals surface area contributed by atoms with Crippen LogP contribution in [-0.4, -0.2) is 47.4 Å². The molecule has 13 heavy (non-hydrogen) atoms. The highest BCUT2D eigenvalue weighted by molar-refractivity contribution is 7.98. The van der Waals surface area contributed by atoms with Crippen LogP contribution in [0.3, 0.4) is 0 Å². The Kier molecular flexibility index (Phi) is 6.11. The van der Waals surface area contributed by atoms with Crippen LogP contribution in [0.15, 0.2) is 0 Å². The number of thioether (sulfide) groups is 1. The van der Waals surface area contributed by atoms with E-state index in [0.717, 1.165) is 5.75 Å². The molecule has 0 bridgehead atoms. The maximum atomic E-state index is 10.7. The average Bonchev–Trinajstić information content (AvgIpc) is 2.05. The summed E-state index contributed by atoms with van der Waals surface area (Å²) in [5.41, 5.74) is 0. The molecule has 0 rings (SSSR count). The lowest BCUT2D eigenvalue weighted by molar-refractivity contribution is -0.143. The Morgan fingerprint density at radius 1 is 1.62 bits per heavy atom. The minimum atomic E-state index is -1.01. The summed E-state index contributed by atoms with van der Waals surface area (Å²) in [5.74, 6) is -0.279. The molecule has 0 aliphatic rings. The highest BCUT2D eigenvalue weighted by Crippen LogP contribution is 2.12. The van der Waals surface area contributed by atoms with Crippen molar-refractivity contribution in [1.29, 1.82) is 0 Å². The predicted molar refractivity (Wildman–Crippen MR) is 54.0 cm³/mol. The first-order valence-corrected chi connectivity index (χ1v) is 5.51. The molecule has 78 valence electrons. The van der Waals surface area contributed by atoms with Crippen molar-refractivity contribution in [1.82, 2.24) is 5.32 Å². The van der Waals surface area contributed by atoms with Crippen LogP contribution in [0.4, 0.5) is 0 Å². The van der Waals surface area contributed by atoms with Crippen LogP contribution in [0.2, 0.25) is 0 Å². The number of aliphatic carboxylic acids is 1. The van der Waals surface area contributed by atoms with Crippen LogP contribution in [0.5, 0.6) is 0 Å². The number of likely N-dealkylation sites (N-methyl/N-ethyl adjacent to an activating group) is 1. The quantitative estimate of drug-likeness (QED) is 0.573. The van der Waals surface area contributed by atoms with E-state index in [2.05, 4.69) is 5.32 Å². The van der Waals surface area contributed by atoms with Gasteiger partial charge in [0.2, 0.25) is 0 Å². The van der Waals surface area contributed by atoms with E-state index in [9.17, 15) is 9.90 Å². The van der Waals surface area contributed by atoms with E-state index in [-0.39, 0.29) is 5.92 Å². The van der Waals surface area contributed by atoms with E-state index in [4.69, 9.17) is 5.11 Å².